The fourth-order valence-electron chi connectivity index (χ4n) is 2.09. The average molecular weight is 271 g/mol. The van der Waals surface area contributed by atoms with Crippen molar-refractivity contribution in [3.05, 3.63) is 53.0 Å². The fraction of sp³-hybridized carbons (Fsp3) is 0.375. The van der Waals surface area contributed by atoms with Crippen LogP contribution in [0.15, 0.2) is 30.3 Å². The van der Waals surface area contributed by atoms with Crippen LogP contribution in [0.3, 0.4) is 0 Å². The molecule has 2 rings (SSSR count). The lowest BCUT2D eigenvalue weighted by Crippen LogP contribution is -2.05. The lowest BCUT2D eigenvalue weighted by atomic mass is 10.1. The summed E-state index contributed by atoms with van der Waals surface area (Å²) in [6.45, 7) is 5.40. The summed E-state index contributed by atoms with van der Waals surface area (Å²) in [7, 11) is 1.71. The second kappa shape index (κ2) is 7.01. The van der Waals surface area contributed by atoms with Crippen molar-refractivity contribution in [1.29, 1.82) is 0 Å². The van der Waals surface area contributed by atoms with Crippen LogP contribution in [0.4, 0.5) is 5.82 Å². The zero-order valence-electron chi connectivity index (χ0n) is 12.3. The Kier molecular flexibility index (Phi) is 5.07. The van der Waals surface area contributed by atoms with Gasteiger partial charge in [-0.1, -0.05) is 31.2 Å². The highest BCUT2D eigenvalue weighted by molar-refractivity contribution is 5.37. The summed E-state index contributed by atoms with van der Waals surface area (Å²) in [6, 6.07) is 10.4. The molecule has 0 saturated heterocycles. The molecule has 0 aliphatic rings. The maximum absolute atomic E-state index is 5.15. The standard InChI is InChI=1S/C16H21N3O/c1-4-15-9-16(19-12(2)18-15)17-10-13-6-5-7-14(8-13)11-20-3/h5-9H,4,10-11H2,1-3H3,(H,17,18,19). The quantitative estimate of drug-likeness (QED) is 0.877. The van der Waals surface area contributed by atoms with Crippen LogP contribution in [0.25, 0.3) is 0 Å². The van der Waals surface area contributed by atoms with E-state index in [0.717, 1.165) is 30.3 Å². The molecular formula is C16H21N3O. The molecule has 0 atom stereocenters. The highest BCUT2D eigenvalue weighted by Crippen LogP contribution is 2.11. The van der Waals surface area contributed by atoms with Crippen LogP contribution in [-0.2, 0) is 24.3 Å². The van der Waals surface area contributed by atoms with Gasteiger partial charge in [-0.25, -0.2) is 9.97 Å². The van der Waals surface area contributed by atoms with Gasteiger partial charge in [-0.05, 0) is 24.5 Å². The first-order chi connectivity index (χ1) is 9.71. The van der Waals surface area contributed by atoms with E-state index in [-0.39, 0.29) is 0 Å². The Bertz CT molecular complexity index is 569. The third-order valence-electron chi connectivity index (χ3n) is 3.03. The Labute approximate surface area is 120 Å². The minimum atomic E-state index is 0.639. The van der Waals surface area contributed by atoms with Crippen molar-refractivity contribution in [3.8, 4) is 0 Å². The lowest BCUT2D eigenvalue weighted by Gasteiger charge is -2.09. The molecule has 106 valence electrons. The van der Waals surface area contributed by atoms with Crippen LogP contribution in [0.5, 0.6) is 0 Å². The van der Waals surface area contributed by atoms with E-state index in [1.54, 1.807) is 7.11 Å². The van der Waals surface area contributed by atoms with Gasteiger partial charge in [0.05, 0.1) is 6.61 Å². The number of hydrogen-bond donors (Lipinski definition) is 1. The highest BCUT2D eigenvalue weighted by atomic mass is 16.5. The first-order valence-corrected chi connectivity index (χ1v) is 6.86. The summed E-state index contributed by atoms with van der Waals surface area (Å²) in [5, 5.41) is 3.35. The van der Waals surface area contributed by atoms with Gasteiger partial charge in [0, 0.05) is 25.4 Å². The van der Waals surface area contributed by atoms with Crippen LogP contribution in [-0.4, -0.2) is 17.1 Å². The van der Waals surface area contributed by atoms with Crippen molar-refractivity contribution >= 4 is 5.82 Å². The molecule has 2 aromatic rings. The number of aromatic nitrogens is 2. The van der Waals surface area contributed by atoms with E-state index in [0.29, 0.717) is 6.61 Å². The third-order valence-corrected chi connectivity index (χ3v) is 3.03. The van der Waals surface area contributed by atoms with Gasteiger partial charge in [-0.2, -0.15) is 0 Å². The van der Waals surface area contributed by atoms with Crippen LogP contribution < -0.4 is 5.32 Å². The molecule has 0 aliphatic heterocycles. The molecule has 4 heteroatoms. The SMILES string of the molecule is CCc1cc(NCc2cccc(COC)c2)nc(C)n1. The molecule has 0 fully saturated rings. The smallest absolute Gasteiger partial charge is 0.130 e. The Balaban J connectivity index is 2.04. The number of methoxy groups -OCH3 is 1. The van der Waals surface area contributed by atoms with Crippen molar-refractivity contribution in [2.45, 2.75) is 33.4 Å². The predicted octanol–water partition coefficient (Wildman–Crippen LogP) is 3.11. The van der Waals surface area contributed by atoms with Gasteiger partial charge in [0.2, 0.25) is 0 Å². The van der Waals surface area contributed by atoms with Crippen LogP contribution in [0.1, 0.15) is 29.6 Å². The number of nitrogens with zero attached hydrogens (tertiary/aromatic N) is 2. The second-order valence-corrected chi connectivity index (χ2v) is 4.75. The van der Waals surface area contributed by atoms with Crippen molar-refractivity contribution in [2.75, 3.05) is 12.4 Å². The zero-order chi connectivity index (χ0) is 14.4. The van der Waals surface area contributed by atoms with Gasteiger partial charge in [0.15, 0.2) is 0 Å². The van der Waals surface area contributed by atoms with Crippen LogP contribution in [0, 0.1) is 6.92 Å². The summed E-state index contributed by atoms with van der Waals surface area (Å²) in [6.07, 6.45) is 0.918. The van der Waals surface area contributed by atoms with E-state index in [1.807, 2.05) is 19.1 Å². The lowest BCUT2D eigenvalue weighted by molar-refractivity contribution is 0.185. The number of hydrogen-bond acceptors (Lipinski definition) is 4. The second-order valence-electron chi connectivity index (χ2n) is 4.75. The van der Waals surface area contributed by atoms with E-state index in [9.17, 15) is 0 Å². The fourth-order valence-corrected chi connectivity index (χ4v) is 2.09. The molecule has 1 heterocycles. The van der Waals surface area contributed by atoms with Crippen molar-refractivity contribution in [1.82, 2.24) is 9.97 Å². The largest absolute Gasteiger partial charge is 0.380 e. The Morgan fingerprint density at radius 1 is 1.15 bits per heavy atom. The maximum Gasteiger partial charge on any atom is 0.130 e. The molecule has 1 N–H and O–H groups in total. The van der Waals surface area contributed by atoms with Gasteiger partial charge in [0.1, 0.15) is 11.6 Å². The van der Waals surface area contributed by atoms with Gasteiger partial charge in [-0.15, -0.1) is 0 Å². The average Bonchev–Trinajstić information content (AvgIpc) is 2.45. The van der Waals surface area contributed by atoms with Crippen molar-refractivity contribution < 1.29 is 4.74 Å². The topological polar surface area (TPSA) is 47.0 Å². The third kappa shape index (κ3) is 4.03. The number of benzene rings is 1. The Hall–Kier alpha value is -1.94. The molecule has 20 heavy (non-hydrogen) atoms. The van der Waals surface area contributed by atoms with E-state index in [4.69, 9.17) is 4.74 Å². The van der Waals surface area contributed by atoms with Gasteiger partial charge < -0.3 is 10.1 Å². The number of nitrogens with one attached hydrogen (secondary N) is 1. The molecule has 0 aliphatic carbocycles. The first kappa shape index (κ1) is 14.5. The number of ether oxygens (including phenoxy) is 1. The number of aryl methyl sites for hydroxylation is 2. The molecule has 0 amide bonds. The maximum atomic E-state index is 5.15. The highest BCUT2D eigenvalue weighted by Gasteiger charge is 2.01. The minimum absolute atomic E-state index is 0.639. The zero-order valence-corrected chi connectivity index (χ0v) is 12.3. The first-order valence-electron chi connectivity index (χ1n) is 6.86. The monoisotopic (exact) mass is 271 g/mol. The van der Waals surface area contributed by atoms with Gasteiger partial charge in [0.25, 0.3) is 0 Å². The minimum Gasteiger partial charge on any atom is -0.380 e. The Morgan fingerprint density at radius 2 is 1.95 bits per heavy atom. The summed E-state index contributed by atoms with van der Waals surface area (Å²) >= 11 is 0. The van der Waals surface area contributed by atoms with E-state index < -0.39 is 0 Å². The van der Waals surface area contributed by atoms with E-state index in [1.165, 1.54) is 11.1 Å². The Morgan fingerprint density at radius 3 is 2.70 bits per heavy atom. The molecule has 0 spiro atoms. The summed E-state index contributed by atoms with van der Waals surface area (Å²) in [5.41, 5.74) is 3.46. The normalized spacial score (nSPS) is 10.6. The predicted molar refractivity (Wildman–Crippen MR) is 80.6 cm³/mol. The number of anilines is 1. The molecule has 0 saturated carbocycles. The van der Waals surface area contributed by atoms with Gasteiger partial charge >= 0.3 is 0 Å². The van der Waals surface area contributed by atoms with E-state index in [2.05, 4.69) is 40.4 Å². The molecular weight excluding hydrogens is 250 g/mol. The molecule has 1 aromatic heterocycles. The van der Waals surface area contributed by atoms with Crippen molar-refractivity contribution in [2.24, 2.45) is 0 Å². The summed E-state index contributed by atoms with van der Waals surface area (Å²) in [5.74, 6) is 1.69. The van der Waals surface area contributed by atoms with Crippen LogP contribution >= 0.6 is 0 Å². The molecule has 0 bridgehead atoms. The molecule has 0 unspecified atom stereocenters. The van der Waals surface area contributed by atoms with Gasteiger partial charge in [-0.3, -0.25) is 0 Å². The van der Waals surface area contributed by atoms with E-state index >= 15 is 0 Å². The molecule has 1 aromatic carbocycles. The summed E-state index contributed by atoms with van der Waals surface area (Å²) in [4.78, 5) is 8.79. The van der Waals surface area contributed by atoms with Crippen LogP contribution in [0.2, 0.25) is 0 Å². The van der Waals surface area contributed by atoms with Crippen molar-refractivity contribution in [3.63, 3.8) is 0 Å². The molecule has 0 radical (unpaired) electrons. The number of rotatable bonds is 6. The summed E-state index contributed by atoms with van der Waals surface area (Å²) < 4.78 is 5.15. The molecule has 4 nitrogen and oxygen atoms in total.